The Hall–Kier alpha value is -1.13. The minimum absolute atomic E-state index is 0.161. The molecule has 0 aliphatic rings. The Kier molecular flexibility index (Phi) is 3.97. The van der Waals surface area contributed by atoms with Gasteiger partial charge in [0, 0.05) is 17.3 Å². The summed E-state index contributed by atoms with van der Waals surface area (Å²) in [5.41, 5.74) is 0. The van der Waals surface area contributed by atoms with Crippen LogP contribution in [0, 0.1) is 0 Å². The van der Waals surface area contributed by atoms with Gasteiger partial charge in [-0.15, -0.1) is 11.3 Å². The highest BCUT2D eigenvalue weighted by atomic mass is 35.5. The van der Waals surface area contributed by atoms with Crippen LogP contribution in [0.4, 0.5) is 5.82 Å². The second kappa shape index (κ2) is 5.47. The predicted octanol–water partition coefficient (Wildman–Crippen LogP) is 3.93. The maximum Gasteiger partial charge on any atom is 0.126 e. The first-order valence-electron chi connectivity index (χ1n) is 5.51. The molecule has 1 atom stereocenters. The minimum atomic E-state index is 0.161. The van der Waals surface area contributed by atoms with E-state index < -0.39 is 0 Å². The van der Waals surface area contributed by atoms with Crippen molar-refractivity contribution in [1.82, 2.24) is 9.97 Å². The number of nitrogens with one attached hydrogen (secondary N) is 1. The molecule has 0 bridgehead atoms. The Balaban J connectivity index is 2.05. The maximum atomic E-state index is 5.79. The highest BCUT2D eigenvalue weighted by Crippen LogP contribution is 2.23. The van der Waals surface area contributed by atoms with Gasteiger partial charge in [-0.05, 0) is 25.5 Å². The lowest BCUT2D eigenvalue weighted by Gasteiger charge is -2.11. The molecular formula is C12H14ClN3S. The Morgan fingerprint density at radius 2 is 2.18 bits per heavy atom. The van der Waals surface area contributed by atoms with Crippen LogP contribution >= 0.6 is 22.9 Å². The molecule has 0 aliphatic heterocycles. The maximum absolute atomic E-state index is 5.79. The molecule has 0 saturated carbocycles. The topological polar surface area (TPSA) is 37.8 Å². The van der Waals surface area contributed by atoms with Gasteiger partial charge < -0.3 is 5.32 Å². The van der Waals surface area contributed by atoms with Crippen molar-refractivity contribution in [2.24, 2.45) is 0 Å². The number of thiazole rings is 1. The van der Waals surface area contributed by atoms with E-state index in [1.54, 1.807) is 17.5 Å². The average Bonchev–Trinajstić information content (AvgIpc) is 2.81. The summed E-state index contributed by atoms with van der Waals surface area (Å²) in [4.78, 5) is 9.91. The number of nitrogens with zero attached hydrogens (tertiary/aromatic N) is 2. The van der Waals surface area contributed by atoms with E-state index in [1.807, 2.05) is 18.3 Å². The molecule has 0 radical (unpaired) electrons. The van der Waals surface area contributed by atoms with Gasteiger partial charge in [0.15, 0.2) is 0 Å². The Bertz CT molecular complexity index is 481. The molecule has 0 fully saturated rings. The van der Waals surface area contributed by atoms with Crippen molar-refractivity contribution >= 4 is 28.8 Å². The number of hydrogen-bond acceptors (Lipinski definition) is 4. The second-order valence-corrected chi connectivity index (χ2v) is 5.33. The summed E-state index contributed by atoms with van der Waals surface area (Å²) in [6.45, 7) is 4.21. The van der Waals surface area contributed by atoms with E-state index in [9.17, 15) is 0 Å². The van der Waals surface area contributed by atoms with Crippen molar-refractivity contribution < 1.29 is 0 Å². The van der Waals surface area contributed by atoms with Crippen molar-refractivity contribution in [3.8, 4) is 0 Å². The van der Waals surface area contributed by atoms with E-state index in [2.05, 4.69) is 29.1 Å². The number of rotatable bonds is 4. The van der Waals surface area contributed by atoms with Gasteiger partial charge in [-0.2, -0.15) is 0 Å². The number of pyridine rings is 1. The average molecular weight is 268 g/mol. The number of hydrogen-bond donors (Lipinski definition) is 1. The zero-order chi connectivity index (χ0) is 12.3. The monoisotopic (exact) mass is 267 g/mol. The SMILES string of the molecule is CCc1cnc(C(C)Nc2ccc(Cl)cn2)s1. The van der Waals surface area contributed by atoms with Gasteiger partial charge in [-0.3, -0.25) is 0 Å². The molecule has 3 nitrogen and oxygen atoms in total. The summed E-state index contributed by atoms with van der Waals surface area (Å²) in [5, 5.41) is 5.03. The molecule has 2 aromatic heterocycles. The molecule has 0 saturated heterocycles. The quantitative estimate of drug-likeness (QED) is 0.912. The van der Waals surface area contributed by atoms with Crippen molar-refractivity contribution in [2.45, 2.75) is 26.3 Å². The number of anilines is 1. The molecule has 2 rings (SSSR count). The standard InChI is InChI=1S/C12H14ClN3S/c1-3-10-7-15-12(17-10)8(2)16-11-5-4-9(13)6-14-11/h4-8H,3H2,1-2H3,(H,14,16). The summed E-state index contributed by atoms with van der Waals surface area (Å²) in [5.74, 6) is 0.815. The number of halogens is 1. The highest BCUT2D eigenvalue weighted by molar-refractivity contribution is 7.11. The summed E-state index contributed by atoms with van der Waals surface area (Å²) in [6, 6.07) is 3.85. The largest absolute Gasteiger partial charge is 0.361 e. The molecule has 0 spiro atoms. The lowest BCUT2D eigenvalue weighted by atomic mass is 10.3. The van der Waals surface area contributed by atoms with Gasteiger partial charge in [-0.1, -0.05) is 18.5 Å². The first-order valence-corrected chi connectivity index (χ1v) is 6.71. The van der Waals surface area contributed by atoms with Crippen LogP contribution < -0.4 is 5.32 Å². The van der Waals surface area contributed by atoms with Gasteiger partial charge in [0.25, 0.3) is 0 Å². The molecule has 1 unspecified atom stereocenters. The Morgan fingerprint density at radius 1 is 1.35 bits per heavy atom. The third kappa shape index (κ3) is 3.17. The fourth-order valence-electron chi connectivity index (χ4n) is 1.43. The normalized spacial score (nSPS) is 12.4. The zero-order valence-corrected chi connectivity index (χ0v) is 11.3. The summed E-state index contributed by atoms with van der Waals surface area (Å²) >= 11 is 7.52. The van der Waals surface area contributed by atoms with Gasteiger partial charge in [-0.25, -0.2) is 9.97 Å². The fraction of sp³-hybridized carbons (Fsp3) is 0.333. The Morgan fingerprint density at radius 3 is 2.76 bits per heavy atom. The van der Waals surface area contributed by atoms with E-state index in [4.69, 9.17) is 11.6 Å². The van der Waals surface area contributed by atoms with Gasteiger partial charge in [0.2, 0.25) is 0 Å². The van der Waals surface area contributed by atoms with Crippen LogP contribution in [-0.2, 0) is 6.42 Å². The Labute approximate surface area is 110 Å². The lowest BCUT2D eigenvalue weighted by molar-refractivity contribution is 0.860. The van der Waals surface area contributed by atoms with Gasteiger partial charge in [0.1, 0.15) is 10.8 Å². The third-order valence-electron chi connectivity index (χ3n) is 2.38. The smallest absolute Gasteiger partial charge is 0.126 e. The number of aryl methyl sites for hydroxylation is 1. The van der Waals surface area contributed by atoms with E-state index >= 15 is 0 Å². The number of aromatic nitrogens is 2. The summed E-state index contributed by atoms with van der Waals surface area (Å²) in [6.07, 6.45) is 4.60. The lowest BCUT2D eigenvalue weighted by Crippen LogP contribution is -2.07. The van der Waals surface area contributed by atoms with Crippen molar-refractivity contribution in [1.29, 1.82) is 0 Å². The first kappa shape index (κ1) is 12.3. The van der Waals surface area contributed by atoms with Crippen LogP contribution in [0.3, 0.4) is 0 Å². The second-order valence-electron chi connectivity index (χ2n) is 3.75. The molecular weight excluding hydrogens is 254 g/mol. The van der Waals surface area contributed by atoms with Gasteiger partial charge in [0.05, 0.1) is 11.1 Å². The van der Waals surface area contributed by atoms with E-state index in [-0.39, 0.29) is 6.04 Å². The highest BCUT2D eigenvalue weighted by Gasteiger charge is 2.10. The van der Waals surface area contributed by atoms with Gasteiger partial charge >= 0.3 is 0 Å². The summed E-state index contributed by atoms with van der Waals surface area (Å²) in [7, 11) is 0. The zero-order valence-electron chi connectivity index (χ0n) is 9.77. The van der Waals surface area contributed by atoms with Crippen LogP contribution in [0.1, 0.15) is 29.8 Å². The fourth-order valence-corrected chi connectivity index (χ4v) is 2.40. The van der Waals surface area contributed by atoms with Crippen LogP contribution in [0.2, 0.25) is 5.02 Å². The van der Waals surface area contributed by atoms with E-state index in [1.165, 1.54) is 4.88 Å². The molecule has 0 amide bonds. The van der Waals surface area contributed by atoms with Crippen LogP contribution in [0.15, 0.2) is 24.5 Å². The van der Waals surface area contributed by atoms with Crippen molar-refractivity contribution in [2.75, 3.05) is 5.32 Å². The molecule has 2 heterocycles. The third-order valence-corrected chi connectivity index (χ3v) is 3.93. The molecule has 17 heavy (non-hydrogen) atoms. The predicted molar refractivity (Wildman–Crippen MR) is 72.8 cm³/mol. The molecule has 5 heteroatoms. The first-order chi connectivity index (χ1) is 8.19. The molecule has 0 aromatic carbocycles. The minimum Gasteiger partial charge on any atom is -0.361 e. The molecule has 2 aromatic rings. The van der Waals surface area contributed by atoms with E-state index in [0.717, 1.165) is 17.2 Å². The molecule has 1 N–H and O–H groups in total. The van der Waals surface area contributed by atoms with E-state index in [0.29, 0.717) is 5.02 Å². The van der Waals surface area contributed by atoms with Crippen molar-refractivity contribution in [3.05, 3.63) is 39.4 Å². The molecule has 90 valence electrons. The van der Waals surface area contributed by atoms with Crippen LogP contribution in [0.5, 0.6) is 0 Å². The van der Waals surface area contributed by atoms with Crippen molar-refractivity contribution in [3.63, 3.8) is 0 Å². The molecule has 0 aliphatic carbocycles. The summed E-state index contributed by atoms with van der Waals surface area (Å²) < 4.78 is 0. The van der Waals surface area contributed by atoms with Crippen LogP contribution in [0.25, 0.3) is 0 Å². The van der Waals surface area contributed by atoms with Crippen LogP contribution in [-0.4, -0.2) is 9.97 Å².